The van der Waals surface area contributed by atoms with Crippen LogP contribution in [0.5, 0.6) is 0 Å². The first-order valence-corrected chi connectivity index (χ1v) is 13.6. The highest BCUT2D eigenvalue weighted by Crippen LogP contribution is 2.29. The van der Waals surface area contributed by atoms with Crippen molar-refractivity contribution < 1.29 is 4.79 Å². The second-order valence-electron chi connectivity index (χ2n) is 10.2. The summed E-state index contributed by atoms with van der Waals surface area (Å²) >= 11 is 0. The number of rotatable bonds is 6. The van der Waals surface area contributed by atoms with Crippen molar-refractivity contribution >= 4 is 39.8 Å². The van der Waals surface area contributed by atoms with Crippen molar-refractivity contribution in [1.82, 2.24) is 14.9 Å². The number of para-hydroxylation sites is 1. The van der Waals surface area contributed by atoms with Gasteiger partial charge in [-0.15, -0.1) is 0 Å². The number of carbonyl (C=O) groups is 1. The van der Waals surface area contributed by atoms with E-state index in [-0.39, 0.29) is 5.91 Å². The first kappa shape index (κ1) is 25.5. The van der Waals surface area contributed by atoms with Crippen LogP contribution < -0.4 is 15.5 Å². The van der Waals surface area contributed by atoms with Crippen LogP contribution in [0, 0.1) is 6.92 Å². The number of carbonyl (C=O) groups excluding carboxylic acids is 1. The molecule has 1 aliphatic heterocycles. The third-order valence-electron chi connectivity index (χ3n) is 7.39. The Kier molecular flexibility index (Phi) is 7.12. The Hall–Kier alpha value is -4.75. The summed E-state index contributed by atoms with van der Waals surface area (Å²) in [5, 5.41) is 7.42. The number of nitrogens with one attached hydrogen (secondary N) is 2. The number of amides is 1. The van der Waals surface area contributed by atoms with Gasteiger partial charge < -0.3 is 20.4 Å². The average Bonchev–Trinajstić information content (AvgIpc) is 2.99. The highest BCUT2D eigenvalue weighted by molar-refractivity contribution is 6.05. The minimum absolute atomic E-state index is 0.140. The maximum Gasteiger partial charge on any atom is 0.255 e. The number of hydrogen-bond acceptors (Lipinski definition) is 6. The first-order valence-electron chi connectivity index (χ1n) is 13.6. The molecular weight excluding hydrogens is 496 g/mol. The smallest absolute Gasteiger partial charge is 0.255 e. The molecule has 1 aliphatic rings. The molecule has 0 radical (unpaired) electrons. The van der Waals surface area contributed by atoms with Crippen molar-refractivity contribution in [2.75, 3.05) is 48.8 Å². The summed E-state index contributed by atoms with van der Waals surface area (Å²) in [6.07, 6.45) is 0. The van der Waals surface area contributed by atoms with Crippen molar-refractivity contribution in [1.29, 1.82) is 0 Å². The third-order valence-corrected chi connectivity index (χ3v) is 7.39. The number of piperazine rings is 1. The molecule has 1 amide bonds. The number of nitrogens with zero attached hydrogens (tertiary/aromatic N) is 4. The van der Waals surface area contributed by atoms with Crippen molar-refractivity contribution in [3.8, 4) is 11.3 Å². The predicted octanol–water partition coefficient (Wildman–Crippen LogP) is 6.35. The topological polar surface area (TPSA) is 73.4 Å². The van der Waals surface area contributed by atoms with Gasteiger partial charge in [0.2, 0.25) is 5.95 Å². The number of aryl methyl sites for hydroxylation is 1. The van der Waals surface area contributed by atoms with Crippen LogP contribution in [0.3, 0.4) is 0 Å². The van der Waals surface area contributed by atoms with Gasteiger partial charge >= 0.3 is 0 Å². The van der Waals surface area contributed by atoms with Gasteiger partial charge in [0, 0.05) is 59.8 Å². The van der Waals surface area contributed by atoms with Crippen LogP contribution in [0.4, 0.5) is 23.0 Å². The fourth-order valence-corrected chi connectivity index (χ4v) is 4.98. The number of likely N-dealkylation sites (N-methyl/N-ethyl adjacent to an activating group) is 1. The van der Waals surface area contributed by atoms with Crippen molar-refractivity contribution in [3.63, 3.8) is 0 Å². The Morgan fingerprint density at radius 2 is 1.52 bits per heavy atom. The van der Waals surface area contributed by atoms with E-state index >= 15 is 0 Å². The molecule has 200 valence electrons. The monoisotopic (exact) mass is 528 g/mol. The summed E-state index contributed by atoms with van der Waals surface area (Å²) in [7, 11) is 2.15. The lowest BCUT2D eigenvalue weighted by atomic mass is 10.1. The molecule has 5 aromatic rings. The minimum atomic E-state index is -0.140. The number of hydrogen-bond donors (Lipinski definition) is 2. The molecule has 1 aromatic heterocycles. The number of fused-ring (bicyclic) bond motifs is 1. The lowest BCUT2D eigenvalue weighted by Crippen LogP contribution is -2.44. The molecule has 4 aromatic carbocycles. The second kappa shape index (κ2) is 11.2. The molecule has 6 rings (SSSR count). The Labute approximate surface area is 234 Å². The molecule has 0 atom stereocenters. The van der Waals surface area contributed by atoms with Crippen LogP contribution in [0.1, 0.15) is 15.9 Å². The van der Waals surface area contributed by atoms with E-state index in [1.807, 2.05) is 73.7 Å². The lowest BCUT2D eigenvalue weighted by Gasteiger charge is -2.34. The largest absolute Gasteiger partial charge is 0.369 e. The molecule has 7 nitrogen and oxygen atoms in total. The molecule has 0 saturated carbocycles. The molecule has 2 N–H and O–H groups in total. The van der Waals surface area contributed by atoms with Crippen molar-refractivity contribution in [3.05, 3.63) is 108 Å². The van der Waals surface area contributed by atoms with E-state index in [4.69, 9.17) is 9.97 Å². The van der Waals surface area contributed by atoms with Gasteiger partial charge in [-0.1, -0.05) is 54.6 Å². The Balaban J connectivity index is 1.19. The molecule has 7 heteroatoms. The van der Waals surface area contributed by atoms with E-state index in [1.54, 1.807) is 0 Å². The van der Waals surface area contributed by atoms with E-state index in [1.165, 1.54) is 0 Å². The Morgan fingerprint density at radius 1 is 0.800 bits per heavy atom. The fraction of sp³-hybridized carbons (Fsp3) is 0.182. The maximum absolute atomic E-state index is 13.1. The zero-order valence-corrected chi connectivity index (χ0v) is 22.8. The summed E-state index contributed by atoms with van der Waals surface area (Å²) in [4.78, 5) is 27.4. The zero-order valence-electron chi connectivity index (χ0n) is 22.8. The highest BCUT2D eigenvalue weighted by atomic mass is 16.1. The van der Waals surface area contributed by atoms with Gasteiger partial charge in [-0.25, -0.2) is 9.97 Å². The van der Waals surface area contributed by atoms with Crippen molar-refractivity contribution in [2.45, 2.75) is 6.92 Å². The molecule has 1 saturated heterocycles. The van der Waals surface area contributed by atoms with Gasteiger partial charge in [0.25, 0.3) is 5.91 Å². The number of aromatic nitrogens is 2. The normalized spacial score (nSPS) is 13.8. The van der Waals surface area contributed by atoms with Crippen LogP contribution in [-0.2, 0) is 0 Å². The standard InChI is InChI=1S/C33H32N6O/c1-23-12-17-27(39-20-18-38(2)19-21-39)22-30(23)35-32(40)25-13-15-26(16-14-25)34-33-36-29-11-7-6-10-28(29)31(37-33)24-8-4-3-5-9-24/h3-17,22H,18-21H2,1-2H3,(H,35,40)(H,34,36,37). The summed E-state index contributed by atoms with van der Waals surface area (Å²) in [6, 6.07) is 31.8. The fourth-order valence-electron chi connectivity index (χ4n) is 4.98. The second-order valence-corrected chi connectivity index (χ2v) is 10.2. The number of benzene rings is 4. The van der Waals surface area contributed by atoms with Gasteiger partial charge in [-0.3, -0.25) is 4.79 Å². The zero-order chi connectivity index (χ0) is 27.5. The van der Waals surface area contributed by atoms with Gasteiger partial charge in [-0.05, 0) is 62.0 Å². The van der Waals surface area contributed by atoms with Crippen LogP contribution in [-0.4, -0.2) is 54.0 Å². The van der Waals surface area contributed by atoms with E-state index in [9.17, 15) is 4.79 Å². The average molecular weight is 529 g/mol. The van der Waals surface area contributed by atoms with Gasteiger partial charge in [0.1, 0.15) is 0 Å². The Morgan fingerprint density at radius 3 is 2.30 bits per heavy atom. The van der Waals surface area contributed by atoms with E-state index in [0.29, 0.717) is 11.5 Å². The molecule has 0 spiro atoms. The highest BCUT2D eigenvalue weighted by Gasteiger charge is 2.16. The SMILES string of the molecule is Cc1ccc(N2CCN(C)CC2)cc1NC(=O)c1ccc(Nc2nc(-c3ccccc3)c3ccccc3n2)cc1. The van der Waals surface area contributed by atoms with E-state index in [0.717, 1.165) is 71.0 Å². The molecule has 40 heavy (non-hydrogen) atoms. The Bertz CT molecular complexity index is 1640. The summed E-state index contributed by atoms with van der Waals surface area (Å²) in [6.45, 7) is 6.05. The van der Waals surface area contributed by atoms with Gasteiger partial charge in [-0.2, -0.15) is 0 Å². The van der Waals surface area contributed by atoms with Crippen molar-refractivity contribution in [2.24, 2.45) is 0 Å². The quantitative estimate of drug-likeness (QED) is 0.267. The minimum Gasteiger partial charge on any atom is -0.369 e. The van der Waals surface area contributed by atoms with Gasteiger partial charge in [0.15, 0.2) is 0 Å². The summed E-state index contributed by atoms with van der Waals surface area (Å²) in [5.74, 6) is 0.365. The van der Waals surface area contributed by atoms with Crippen LogP contribution in [0.15, 0.2) is 97.1 Å². The summed E-state index contributed by atoms with van der Waals surface area (Å²) < 4.78 is 0. The molecule has 0 unspecified atom stereocenters. The van der Waals surface area contributed by atoms with Gasteiger partial charge in [0.05, 0.1) is 11.2 Å². The van der Waals surface area contributed by atoms with Crippen LogP contribution in [0.25, 0.3) is 22.2 Å². The molecule has 1 fully saturated rings. The van der Waals surface area contributed by atoms with E-state index < -0.39 is 0 Å². The molecule has 0 aliphatic carbocycles. The summed E-state index contributed by atoms with van der Waals surface area (Å²) in [5.41, 5.74) is 7.16. The number of anilines is 4. The van der Waals surface area contributed by atoms with Crippen LogP contribution in [0.2, 0.25) is 0 Å². The van der Waals surface area contributed by atoms with E-state index in [2.05, 4.69) is 57.8 Å². The molecular formula is C33H32N6O. The first-order chi connectivity index (χ1) is 19.5. The predicted molar refractivity (Wildman–Crippen MR) is 164 cm³/mol. The molecule has 2 heterocycles. The maximum atomic E-state index is 13.1. The lowest BCUT2D eigenvalue weighted by molar-refractivity contribution is 0.102. The molecule has 0 bridgehead atoms. The van der Waals surface area contributed by atoms with Crippen LogP contribution >= 0.6 is 0 Å². The third kappa shape index (κ3) is 5.51.